The lowest BCUT2D eigenvalue weighted by Crippen LogP contribution is -2.19. The molecule has 3 aliphatic rings. The molecule has 0 bridgehead atoms. The minimum absolute atomic E-state index is 0.227. The predicted octanol–water partition coefficient (Wildman–Crippen LogP) is 20.2. The van der Waals surface area contributed by atoms with Gasteiger partial charge in [-0.15, -0.1) is 5.73 Å². The quantitative estimate of drug-likeness (QED) is 0.0825. The average molecular weight is 991 g/mol. The molecule has 1 aromatic heterocycles. The van der Waals surface area contributed by atoms with Gasteiger partial charge in [0.2, 0.25) is 0 Å². The van der Waals surface area contributed by atoms with Crippen molar-refractivity contribution in [1.82, 2.24) is 4.57 Å². The van der Waals surface area contributed by atoms with Crippen molar-refractivity contribution in [3.8, 4) is 22.3 Å². The Morgan fingerprint density at radius 2 is 1.23 bits per heavy atom. The van der Waals surface area contributed by atoms with Crippen molar-refractivity contribution in [1.29, 1.82) is 0 Å². The van der Waals surface area contributed by atoms with Crippen molar-refractivity contribution in [3.63, 3.8) is 0 Å². The van der Waals surface area contributed by atoms with E-state index < -0.39 is 0 Å². The van der Waals surface area contributed by atoms with E-state index in [0.29, 0.717) is 0 Å². The molecule has 0 amide bonds. The van der Waals surface area contributed by atoms with E-state index in [2.05, 4.69) is 292 Å². The fourth-order valence-electron chi connectivity index (χ4n) is 10.6. The molecule has 77 heavy (non-hydrogen) atoms. The van der Waals surface area contributed by atoms with Crippen LogP contribution in [0.1, 0.15) is 49.4 Å². The molecule has 0 N–H and O–H groups in total. The van der Waals surface area contributed by atoms with Crippen LogP contribution in [0, 0.1) is 5.92 Å². The molecule has 8 aromatic rings. The van der Waals surface area contributed by atoms with Crippen LogP contribution in [0.2, 0.25) is 0 Å². The molecular weight excluding hydrogens is 929 g/mol. The maximum Gasteiger partial charge on any atom is 0.0973 e. The molecule has 0 fully saturated rings. The fourth-order valence-corrected chi connectivity index (χ4v) is 10.6. The molecule has 372 valence electrons. The number of hydrogen-bond acceptors (Lipinski definition) is 1. The Kier molecular flexibility index (Phi) is 15.6. The molecule has 1 unspecified atom stereocenters. The SMILES string of the molecule is C=C/C=C\C=C/C(C)C1=C2CC=CC=CC2=C=C(N(/C(C)=C/C)c2ccccc2)c2ccccc21.C=CC(=C)n1c2ccc(C3=C=CC=CC=C3c3ccccc3)cc2c2cc(-c3ccccc3-c3ccccc3)ccc21. The number of nitrogens with zero attached hydrogens (tertiary/aromatic N) is 2. The number of fused-ring (bicyclic) bond motifs is 5. The standard InChI is InChI=1S/C41H29N.C34H33N/c1-3-29(2)42-40-25-23-32(36-20-12-6-11-19-34(36)30-15-7-4-8-16-30)27-38(40)39-28-33(24-26-41(39)42)37-22-14-13-21-35(37)31-17-9-5-10-18-31;1-5-7-8-11-18-26(3)34-30-22-15-9-12-19-28(30)25-33(31-23-16-17-24-32(31)34)35(27(4)6-2)29-20-13-10-14-21-29/h3-19,21-28H,1-2H2;5-21,23-24,26H,1,22H2,2-4H3/b;8-7-,18-11-,27-6+. The van der Waals surface area contributed by atoms with Gasteiger partial charge in [0.25, 0.3) is 0 Å². The average Bonchev–Trinajstić information content (AvgIpc) is 3.87. The third kappa shape index (κ3) is 10.7. The first-order valence-corrected chi connectivity index (χ1v) is 26.4. The van der Waals surface area contributed by atoms with Gasteiger partial charge >= 0.3 is 0 Å². The van der Waals surface area contributed by atoms with Crippen LogP contribution in [0.15, 0.2) is 315 Å². The van der Waals surface area contributed by atoms with Crippen molar-refractivity contribution in [2.24, 2.45) is 5.92 Å². The van der Waals surface area contributed by atoms with Gasteiger partial charge in [0.05, 0.1) is 16.7 Å². The highest BCUT2D eigenvalue weighted by molar-refractivity contribution is 6.14. The molecule has 0 radical (unpaired) electrons. The lowest BCUT2D eigenvalue weighted by atomic mass is 9.84. The summed E-state index contributed by atoms with van der Waals surface area (Å²) < 4.78 is 2.21. The first-order chi connectivity index (χ1) is 37.9. The summed E-state index contributed by atoms with van der Waals surface area (Å²) in [6, 6.07) is 62.5. The van der Waals surface area contributed by atoms with E-state index in [1.165, 1.54) is 60.9 Å². The zero-order valence-electron chi connectivity index (χ0n) is 44.2. The number of anilines is 1. The van der Waals surface area contributed by atoms with Crippen LogP contribution in [0.4, 0.5) is 5.69 Å². The van der Waals surface area contributed by atoms with Gasteiger partial charge in [-0.2, -0.15) is 0 Å². The molecular formula is C75H62N2. The van der Waals surface area contributed by atoms with Crippen molar-refractivity contribution in [3.05, 3.63) is 337 Å². The topological polar surface area (TPSA) is 8.17 Å². The van der Waals surface area contributed by atoms with Gasteiger partial charge in [-0.3, -0.25) is 0 Å². The monoisotopic (exact) mass is 990 g/mol. The van der Waals surface area contributed by atoms with Crippen LogP contribution in [0.25, 0.3) is 72.2 Å². The van der Waals surface area contributed by atoms with E-state index >= 15 is 0 Å². The van der Waals surface area contributed by atoms with E-state index in [1.54, 1.807) is 6.08 Å². The normalized spacial score (nSPS) is 14.4. The number of para-hydroxylation sites is 1. The molecule has 3 aliphatic carbocycles. The smallest absolute Gasteiger partial charge is 0.0973 e. The summed E-state index contributed by atoms with van der Waals surface area (Å²) in [5.74, 6) is 0.227. The summed E-state index contributed by atoms with van der Waals surface area (Å²) in [6.45, 7) is 18.7. The van der Waals surface area contributed by atoms with Crippen LogP contribution >= 0.6 is 0 Å². The van der Waals surface area contributed by atoms with Gasteiger partial charge in [-0.05, 0) is 131 Å². The zero-order chi connectivity index (χ0) is 53.1. The first kappa shape index (κ1) is 50.8. The Labute approximate surface area is 455 Å². The largest absolute Gasteiger partial charge is 0.310 e. The highest BCUT2D eigenvalue weighted by Gasteiger charge is 2.27. The van der Waals surface area contributed by atoms with Gasteiger partial charge in [0.1, 0.15) is 0 Å². The van der Waals surface area contributed by atoms with E-state index in [9.17, 15) is 0 Å². The second-order valence-corrected chi connectivity index (χ2v) is 19.1. The third-order valence-electron chi connectivity index (χ3n) is 14.4. The maximum atomic E-state index is 4.33. The van der Waals surface area contributed by atoms with Gasteiger partial charge in [0.15, 0.2) is 0 Å². The van der Waals surface area contributed by atoms with Gasteiger partial charge in [-0.1, -0.05) is 245 Å². The highest BCUT2D eigenvalue weighted by atomic mass is 15.2. The summed E-state index contributed by atoms with van der Waals surface area (Å²) in [6.07, 6.45) is 32.0. The Bertz CT molecular complexity index is 3970. The minimum Gasteiger partial charge on any atom is -0.310 e. The van der Waals surface area contributed by atoms with E-state index in [0.717, 1.165) is 62.5 Å². The summed E-state index contributed by atoms with van der Waals surface area (Å²) in [7, 11) is 0. The molecule has 7 aromatic carbocycles. The van der Waals surface area contributed by atoms with Crippen LogP contribution in [-0.2, 0) is 0 Å². The summed E-state index contributed by atoms with van der Waals surface area (Å²) >= 11 is 0. The Balaban J connectivity index is 0.000000178. The summed E-state index contributed by atoms with van der Waals surface area (Å²) in [5.41, 5.74) is 29.5. The third-order valence-corrected chi connectivity index (χ3v) is 14.4. The van der Waals surface area contributed by atoms with Crippen LogP contribution in [0.3, 0.4) is 0 Å². The van der Waals surface area contributed by atoms with E-state index in [1.807, 2.05) is 30.4 Å². The number of allylic oxidation sites excluding steroid dienone is 21. The predicted molar refractivity (Wildman–Crippen MR) is 334 cm³/mol. The molecule has 2 nitrogen and oxygen atoms in total. The highest BCUT2D eigenvalue weighted by Crippen LogP contribution is 2.44. The lowest BCUT2D eigenvalue weighted by molar-refractivity contribution is 0.947. The molecule has 0 saturated heterocycles. The molecule has 0 spiro atoms. The van der Waals surface area contributed by atoms with Crippen LogP contribution in [-0.4, -0.2) is 4.57 Å². The van der Waals surface area contributed by atoms with Gasteiger partial charge in [0, 0.05) is 50.5 Å². The van der Waals surface area contributed by atoms with Crippen LogP contribution < -0.4 is 4.90 Å². The summed E-state index contributed by atoms with van der Waals surface area (Å²) in [4.78, 5) is 2.33. The van der Waals surface area contributed by atoms with Crippen molar-refractivity contribution in [2.45, 2.75) is 27.2 Å². The number of rotatable bonds is 13. The summed E-state index contributed by atoms with van der Waals surface area (Å²) in [5, 5.41) is 2.35. The van der Waals surface area contributed by atoms with Gasteiger partial charge in [-0.25, -0.2) is 0 Å². The molecule has 1 heterocycles. The number of benzene rings is 7. The minimum atomic E-state index is 0.227. The molecule has 11 rings (SSSR count). The van der Waals surface area contributed by atoms with Gasteiger partial charge < -0.3 is 9.47 Å². The zero-order valence-corrected chi connectivity index (χ0v) is 44.2. The molecule has 2 heteroatoms. The number of aromatic nitrogens is 1. The second kappa shape index (κ2) is 23.7. The second-order valence-electron chi connectivity index (χ2n) is 19.1. The Hall–Kier alpha value is -9.68. The number of hydrogen-bond donors (Lipinski definition) is 0. The van der Waals surface area contributed by atoms with Crippen molar-refractivity contribution in [2.75, 3.05) is 4.90 Å². The Morgan fingerprint density at radius 1 is 0.623 bits per heavy atom. The van der Waals surface area contributed by atoms with Crippen molar-refractivity contribution < 1.29 is 0 Å². The van der Waals surface area contributed by atoms with E-state index in [4.69, 9.17) is 0 Å². The first-order valence-electron chi connectivity index (χ1n) is 26.4. The molecule has 0 aliphatic heterocycles. The lowest BCUT2D eigenvalue weighted by Gasteiger charge is -2.28. The maximum absolute atomic E-state index is 4.33. The fraction of sp³-hybridized carbons (Fsp3) is 0.0667. The van der Waals surface area contributed by atoms with Crippen molar-refractivity contribution >= 4 is 55.6 Å². The Morgan fingerprint density at radius 3 is 1.91 bits per heavy atom. The molecule has 1 atom stereocenters. The van der Waals surface area contributed by atoms with E-state index in [-0.39, 0.29) is 5.92 Å². The van der Waals surface area contributed by atoms with Crippen LogP contribution in [0.5, 0.6) is 0 Å². The molecule has 0 saturated carbocycles.